The summed E-state index contributed by atoms with van der Waals surface area (Å²) in [7, 11) is 0. The first-order valence-corrected chi connectivity index (χ1v) is 7.67. The van der Waals surface area contributed by atoms with Crippen molar-refractivity contribution in [2.75, 3.05) is 12.3 Å². The smallest absolute Gasteiger partial charge is 0.327 e. The summed E-state index contributed by atoms with van der Waals surface area (Å²) in [4.78, 5) is 11.5. The first-order chi connectivity index (χ1) is 9.72. The molecule has 0 aliphatic rings. The zero-order chi connectivity index (χ0) is 14.6. The number of carbonyl (C=O) groups excluding carboxylic acids is 1. The minimum absolute atomic E-state index is 0.133. The first kappa shape index (κ1) is 16.5. The fourth-order valence-electron chi connectivity index (χ4n) is 2.07. The van der Waals surface area contributed by atoms with E-state index in [0.29, 0.717) is 12.4 Å². The highest BCUT2D eigenvalue weighted by Gasteiger charge is 2.04. The van der Waals surface area contributed by atoms with E-state index in [1.54, 1.807) is 12.3 Å². The molecule has 0 amide bonds. The van der Waals surface area contributed by atoms with Gasteiger partial charge in [-0.3, -0.25) is 9.48 Å². The maximum absolute atomic E-state index is 11.5. The van der Waals surface area contributed by atoms with Crippen molar-refractivity contribution in [2.24, 2.45) is 0 Å². The van der Waals surface area contributed by atoms with Crippen molar-refractivity contribution < 1.29 is 9.53 Å². The third-order valence-electron chi connectivity index (χ3n) is 3.21. The van der Waals surface area contributed by atoms with Crippen molar-refractivity contribution in [3.05, 3.63) is 12.3 Å². The van der Waals surface area contributed by atoms with E-state index in [1.165, 1.54) is 43.2 Å². The maximum atomic E-state index is 11.5. The van der Waals surface area contributed by atoms with Crippen LogP contribution in [0, 0.1) is 0 Å². The maximum Gasteiger partial charge on any atom is 0.327 e. The number of anilines is 1. The van der Waals surface area contributed by atoms with Crippen molar-refractivity contribution in [2.45, 2.75) is 64.8 Å². The van der Waals surface area contributed by atoms with Crippen LogP contribution in [0.4, 0.5) is 5.82 Å². The number of rotatable bonds is 11. The summed E-state index contributed by atoms with van der Waals surface area (Å²) in [5.74, 6) is 0.164. The number of nitrogen functional groups attached to an aromatic ring is 1. The van der Waals surface area contributed by atoms with Crippen LogP contribution >= 0.6 is 0 Å². The summed E-state index contributed by atoms with van der Waals surface area (Å²) < 4.78 is 6.65. The number of unbranched alkanes of at least 4 members (excludes halogenated alkanes) is 7. The van der Waals surface area contributed by atoms with Crippen molar-refractivity contribution in [3.63, 3.8) is 0 Å². The fraction of sp³-hybridized carbons (Fsp3) is 0.733. The van der Waals surface area contributed by atoms with E-state index in [-0.39, 0.29) is 12.5 Å². The first-order valence-electron chi connectivity index (χ1n) is 7.67. The molecule has 0 atom stereocenters. The van der Waals surface area contributed by atoms with Gasteiger partial charge in [0.25, 0.3) is 0 Å². The Kier molecular flexibility index (Phi) is 8.51. The molecule has 0 unspecified atom stereocenters. The molecule has 1 aromatic rings. The SMILES string of the molecule is CCCCCCCCCCOC(=O)Cn1ccc(N)n1. The van der Waals surface area contributed by atoms with Gasteiger partial charge in [-0.2, -0.15) is 5.10 Å². The van der Waals surface area contributed by atoms with Gasteiger partial charge in [0.15, 0.2) is 0 Å². The van der Waals surface area contributed by atoms with Crippen LogP contribution in [0.2, 0.25) is 0 Å². The zero-order valence-electron chi connectivity index (χ0n) is 12.5. The van der Waals surface area contributed by atoms with E-state index in [4.69, 9.17) is 10.5 Å². The topological polar surface area (TPSA) is 70.1 Å². The molecule has 0 saturated carbocycles. The second-order valence-electron chi connectivity index (χ2n) is 5.13. The molecule has 5 heteroatoms. The Bertz CT molecular complexity index is 377. The van der Waals surface area contributed by atoms with Gasteiger partial charge in [-0.05, 0) is 12.5 Å². The minimum Gasteiger partial charge on any atom is -0.464 e. The molecular formula is C15H27N3O2. The van der Waals surface area contributed by atoms with Crippen LogP contribution in [0.1, 0.15) is 58.3 Å². The predicted molar refractivity (Wildman–Crippen MR) is 80.2 cm³/mol. The summed E-state index contributed by atoms with van der Waals surface area (Å²) >= 11 is 0. The summed E-state index contributed by atoms with van der Waals surface area (Å²) in [6, 6.07) is 1.66. The molecule has 114 valence electrons. The lowest BCUT2D eigenvalue weighted by atomic mass is 10.1. The number of aromatic nitrogens is 2. The Balaban J connectivity index is 1.92. The van der Waals surface area contributed by atoms with Gasteiger partial charge in [-0.25, -0.2) is 0 Å². The highest BCUT2D eigenvalue weighted by molar-refractivity contribution is 5.69. The summed E-state index contributed by atoms with van der Waals surface area (Å²) in [6.45, 7) is 2.87. The van der Waals surface area contributed by atoms with Crippen molar-refractivity contribution >= 4 is 11.8 Å². The molecule has 5 nitrogen and oxygen atoms in total. The molecule has 0 spiro atoms. The van der Waals surface area contributed by atoms with Gasteiger partial charge in [0.2, 0.25) is 0 Å². The molecular weight excluding hydrogens is 254 g/mol. The Morgan fingerprint density at radius 3 is 2.45 bits per heavy atom. The number of hydrogen-bond donors (Lipinski definition) is 1. The minimum atomic E-state index is -0.254. The molecule has 1 rings (SSSR count). The Morgan fingerprint density at radius 2 is 1.85 bits per heavy atom. The van der Waals surface area contributed by atoms with E-state index < -0.39 is 0 Å². The van der Waals surface area contributed by atoms with Gasteiger partial charge in [-0.1, -0.05) is 51.9 Å². The van der Waals surface area contributed by atoms with Crippen LogP contribution in [0.5, 0.6) is 0 Å². The largest absolute Gasteiger partial charge is 0.464 e. The van der Waals surface area contributed by atoms with Crippen LogP contribution in [0.25, 0.3) is 0 Å². The van der Waals surface area contributed by atoms with Gasteiger partial charge in [0, 0.05) is 6.20 Å². The quantitative estimate of drug-likeness (QED) is 0.499. The molecule has 1 aromatic heterocycles. The fourth-order valence-corrected chi connectivity index (χ4v) is 2.07. The van der Waals surface area contributed by atoms with E-state index in [0.717, 1.165) is 12.8 Å². The van der Waals surface area contributed by atoms with Crippen LogP contribution in [0.3, 0.4) is 0 Å². The molecule has 2 N–H and O–H groups in total. The zero-order valence-corrected chi connectivity index (χ0v) is 12.5. The number of esters is 1. The molecule has 1 heterocycles. The summed E-state index contributed by atoms with van der Waals surface area (Å²) in [6.07, 6.45) is 11.6. The summed E-state index contributed by atoms with van der Waals surface area (Å²) in [5, 5.41) is 3.94. The standard InChI is InChI=1S/C15H27N3O2/c1-2-3-4-5-6-7-8-9-12-20-15(19)13-18-11-10-14(16)17-18/h10-11H,2-9,12-13H2,1H3,(H2,16,17). The Hall–Kier alpha value is -1.52. The van der Waals surface area contributed by atoms with Gasteiger partial charge in [0.05, 0.1) is 6.61 Å². The predicted octanol–water partition coefficient (Wildman–Crippen LogP) is 3.15. The number of ether oxygens (including phenoxy) is 1. The van der Waals surface area contributed by atoms with Crippen LogP contribution < -0.4 is 5.73 Å². The van der Waals surface area contributed by atoms with Crippen LogP contribution in [0.15, 0.2) is 12.3 Å². The Labute approximate surface area is 121 Å². The number of hydrogen-bond acceptors (Lipinski definition) is 4. The van der Waals surface area contributed by atoms with E-state index in [9.17, 15) is 4.79 Å². The normalized spacial score (nSPS) is 10.7. The van der Waals surface area contributed by atoms with E-state index in [1.807, 2.05) is 0 Å². The third-order valence-corrected chi connectivity index (χ3v) is 3.21. The molecule has 0 aliphatic carbocycles. The molecule has 0 fully saturated rings. The molecule has 0 saturated heterocycles. The summed E-state index contributed by atoms with van der Waals surface area (Å²) in [5.41, 5.74) is 5.47. The number of carbonyl (C=O) groups is 1. The van der Waals surface area contributed by atoms with Gasteiger partial charge < -0.3 is 10.5 Å². The average molecular weight is 281 g/mol. The van der Waals surface area contributed by atoms with E-state index in [2.05, 4.69) is 12.0 Å². The average Bonchev–Trinajstić information content (AvgIpc) is 2.82. The third kappa shape index (κ3) is 7.81. The second-order valence-corrected chi connectivity index (χ2v) is 5.13. The molecule has 20 heavy (non-hydrogen) atoms. The van der Waals surface area contributed by atoms with Gasteiger partial charge in [0.1, 0.15) is 12.4 Å². The number of nitrogens with two attached hydrogens (primary N) is 1. The lowest BCUT2D eigenvalue weighted by Crippen LogP contribution is -2.14. The number of nitrogens with zero attached hydrogens (tertiary/aromatic N) is 2. The molecule has 0 aliphatic heterocycles. The molecule has 0 bridgehead atoms. The lowest BCUT2D eigenvalue weighted by molar-refractivity contribution is -0.144. The van der Waals surface area contributed by atoms with Crippen LogP contribution in [-0.2, 0) is 16.1 Å². The highest BCUT2D eigenvalue weighted by atomic mass is 16.5. The highest BCUT2D eigenvalue weighted by Crippen LogP contribution is 2.08. The van der Waals surface area contributed by atoms with Crippen molar-refractivity contribution in [1.82, 2.24) is 9.78 Å². The lowest BCUT2D eigenvalue weighted by Gasteiger charge is -2.05. The van der Waals surface area contributed by atoms with Crippen molar-refractivity contribution in [3.8, 4) is 0 Å². The van der Waals surface area contributed by atoms with Crippen molar-refractivity contribution in [1.29, 1.82) is 0 Å². The monoisotopic (exact) mass is 281 g/mol. The van der Waals surface area contributed by atoms with E-state index >= 15 is 0 Å². The Morgan fingerprint density at radius 1 is 1.20 bits per heavy atom. The van der Waals surface area contributed by atoms with Gasteiger partial charge >= 0.3 is 5.97 Å². The second kappa shape index (κ2) is 10.3. The molecule has 0 aromatic carbocycles. The van der Waals surface area contributed by atoms with Crippen LogP contribution in [-0.4, -0.2) is 22.4 Å². The molecule has 0 radical (unpaired) electrons. The van der Waals surface area contributed by atoms with Gasteiger partial charge in [-0.15, -0.1) is 0 Å².